The van der Waals surface area contributed by atoms with Gasteiger partial charge in [0.15, 0.2) is 0 Å². The Morgan fingerprint density at radius 2 is 0.866 bits per heavy atom. The molecule has 0 unspecified atom stereocenters. The maximum Gasteiger partial charge on any atom is 0.0640 e. The lowest BCUT2D eigenvalue weighted by Crippen LogP contribution is -2.34. The van der Waals surface area contributed by atoms with Gasteiger partial charge in [-0.2, -0.15) is 0 Å². The third kappa shape index (κ3) is 6.96. The topological polar surface area (TPSA) is 3.24 Å². The third-order valence-corrected chi connectivity index (χ3v) is 16.6. The van der Waals surface area contributed by atoms with Crippen LogP contribution in [0.4, 0.5) is 17.1 Å². The van der Waals surface area contributed by atoms with Crippen molar-refractivity contribution in [3.05, 3.63) is 222 Å². The number of hydrogen-bond acceptors (Lipinski definition) is 2. The van der Waals surface area contributed by atoms with Crippen molar-refractivity contribution in [2.45, 2.75) is 70.6 Å². The normalized spacial score (nSPS) is 15.3. The number of rotatable bonds is 7. The Balaban J connectivity index is 0.917. The van der Waals surface area contributed by atoms with E-state index in [0.717, 1.165) is 11.4 Å². The van der Waals surface area contributed by atoms with Gasteiger partial charge in [0, 0.05) is 32.3 Å². The Hall–Kier alpha value is -7.00. The van der Waals surface area contributed by atoms with E-state index in [1.807, 2.05) is 11.3 Å². The van der Waals surface area contributed by atoms with Crippen LogP contribution >= 0.6 is 11.3 Å². The first-order valence-electron chi connectivity index (χ1n) is 23.9. The molecule has 0 spiro atoms. The molecule has 0 atom stereocenters. The predicted molar refractivity (Wildman–Crippen MR) is 289 cm³/mol. The zero-order chi connectivity index (χ0) is 45.7. The minimum atomic E-state index is -0.0920. The largest absolute Gasteiger partial charge is 0.309 e. The van der Waals surface area contributed by atoms with Crippen molar-refractivity contribution in [1.29, 1.82) is 0 Å². The second kappa shape index (κ2) is 15.5. The van der Waals surface area contributed by atoms with Gasteiger partial charge < -0.3 is 4.90 Å². The van der Waals surface area contributed by atoms with E-state index in [2.05, 4.69) is 247 Å². The highest BCUT2D eigenvalue weighted by Gasteiger charge is 2.42. The van der Waals surface area contributed by atoms with Gasteiger partial charge in [0.25, 0.3) is 0 Å². The molecule has 67 heavy (non-hydrogen) atoms. The fourth-order valence-electron chi connectivity index (χ4n) is 11.3. The summed E-state index contributed by atoms with van der Waals surface area (Å²) in [6, 6.07) is 74.8. The van der Waals surface area contributed by atoms with Gasteiger partial charge >= 0.3 is 0 Å². The van der Waals surface area contributed by atoms with E-state index in [9.17, 15) is 0 Å². The molecule has 0 bridgehead atoms. The Kier molecular flexibility index (Phi) is 9.61. The van der Waals surface area contributed by atoms with Gasteiger partial charge in [-0.1, -0.05) is 187 Å². The molecule has 1 heterocycles. The first-order valence-corrected chi connectivity index (χ1v) is 24.8. The lowest BCUT2D eigenvalue weighted by Gasteiger charge is -2.42. The minimum absolute atomic E-state index is 0.0920. The molecule has 1 nitrogen and oxygen atoms in total. The molecule has 2 aliphatic carbocycles. The SMILES string of the molecule is CC1(C)CCC(C)(C)c2cc3c(cc21)-c1ccc(-c2cccc(-c4cccc(N(c5ccc(-c6ccc(-c7ccccc7)cc6)cc5)c5cccc6c5sc5ccccc56)c4)c2)cc1C3(C)C. The molecule has 0 fully saturated rings. The van der Waals surface area contributed by atoms with E-state index in [1.165, 1.54) is 111 Å². The molecule has 0 saturated heterocycles. The Morgan fingerprint density at radius 1 is 0.358 bits per heavy atom. The summed E-state index contributed by atoms with van der Waals surface area (Å²) in [6.45, 7) is 14.6. The quantitative estimate of drug-likeness (QED) is 0.154. The van der Waals surface area contributed by atoms with Crippen molar-refractivity contribution >= 4 is 48.6 Å². The molecule has 0 radical (unpaired) electrons. The summed E-state index contributed by atoms with van der Waals surface area (Å²) in [5.74, 6) is 0. The van der Waals surface area contributed by atoms with Crippen LogP contribution in [0.5, 0.6) is 0 Å². The van der Waals surface area contributed by atoms with E-state index in [-0.39, 0.29) is 16.2 Å². The zero-order valence-electron chi connectivity index (χ0n) is 39.3. The zero-order valence-corrected chi connectivity index (χ0v) is 40.1. The van der Waals surface area contributed by atoms with Crippen molar-refractivity contribution in [1.82, 2.24) is 0 Å². The smallest absolute Gasteiger partial charge is 0.0640 e. The molecule has 0 aliphatic heterocycles. The fraction of sp³-hybridized carbons (Fsp3) is 0.169. The molecule has 2 aliphatic rings. The first-order chi connectivity index (χ1) is 32.4. The summed E-state index contributed by atoms with van der Waals surface area (Å²) in [5, 5.41) is 2.59. The van der Waals surface area contributed by atoms with Crippen LogP contribution in [0.25, 0.3) is 75.8 Å². The molecule has 1 aromatic heterocycles. The van der Waals surface area contributed by atoms with Crippen molar-refractivity contribution in [3.8, 4) is 55.6 Å². The number of anilines is 3. The van der Waals surface area contributed by atoms with Crippen LogP contribution in [0.3, 0.4) is 0 Å². The van der Waals surface area contributed by atoms with Crippen LogP contribution in [-0.2, 0) is 16.2 Å². The minimum Gasteiger partial charge on any atom is -0.309 e. The maximum atomic E-state index is 2.59. The molecule has 12 rings (SSSR count). The summed E-state index contributed by atoms with van der Waals surface area (Å²) in [6.07, 6.45) is 2.44. The van der Waals surface area contributed by atoms with Crippen LogP contribution in [0.1, 0.15) is 76.6 Å². The van der Waals surface area contributed by atoms with E-state index >= 15 is 0 Å². The van der Waals surface area contributed by atoms with E-state index in [0.29, 0.717) is 0 Å². The second-order valence-corrected chi connectivity index (χ2v) is 21.9. The van der Waals surface area contributed by atoms with Crippen LogP contribution < -0.4 is 4.90 Å². The van der Waals surface area contributed by atoms with Crippen molar-refractivity contribution in [2.75, 3.05) is 4.90 Å². The average Bonchev–Trinajstić information content (AvgIpc) is 3.85. The molecular formula is C65H55NS. The number of benzene rings is 9. The highest BCUT2D eigenvalue weighted by atomic mass is 32.1. The molecule has 9 aromatic carbocycles. The molecule has 0 N–H and O–H groups in total. The highest BCUT2D eigenvalue weighted by Crippen LogP contribution is 2.55. The Bertz CT molecular complexity index is 3530. The summed E-state index contributed by atoms with van der Waals surface area (Å²) in [7, 11) is 0. The number of fused-ring (bicyclic) bond motifs is 7. The van der Waals surface area contributed by atoms with E-state index in [4.69, 9.17) is 0 Å². The predicted octanol–water partition coefficient (Wildman–Crippen LogP) is 18.8. The Labute approximate surface area is 400 Å². The van der Waals surface area contributed by atoms with Gasteiger partial charge in [0.05, 0.1) is 10.4 Å². The molecule has 0 saturated carbocycles. The lowest BCUT2D eigenvalue weighted by molar-refractivity contribution is 0.331. The average molecular weight is 882 g/mol. The van der Waals surface area contributed by atoms with Gasteiger partial charge in [-0.3, -0.25) is 0 Å². The maximum absolute atomic E-state index is 2.59. The second-order valence-electron chi connectivity index (χ2n) is 20.8. The van der Waals surface area contributed by atoms with Gasteiger partial charge in [-0.25, -0.2) is 0 Å². The number of thiophene rings is 1. The van der Waals surface area contributed by atoms with Crippen LogP contribution in [0.2, 0.25) is 0 Å². The van der Waals surface area contributed by atoms with Crippen LogP contribution in [-0.4, -0.2) is 0 Å². The Morgan fingerprint density at radius 3 is 1.57 bits per heavy atom. The van der Waals surface area contributed by atoms with Crippen molar-refractivity contribution < 1.29 is 0 Å². The summed E-state index contributed by atoms with van der Waals surface area (Å²) in [5.41, 5.74) is 22.2. The fourth-order valence-corrected chi connectivity index (χ4v) is 12.5. The first kappa shape index (κ1) is 41.4. The summed E-state index contributed by atoms with van der Waals surface area (Å²) in [4.78, 5) is 2.45. The molecule has 0 amide bonds. The van der Waals surface area contributed by atoms with Gasteiger partial charge in [0.1, 0.15) is 0 Å². The van der Waals surface area contributed by atoms with Crippen molar-refractivity contribution in [3.63, 3.8) is 0 Å². The number of hydrogen-bond donors (Lipinski definition) is 0. The van der Waals surface area contributed by atoms with E-state index in [1.54, 1.807) is 5.56 Å². The lowest BCUT2D eigenvalue weighted by atomic mass is 9.62. The monoisotopic (exact) mass is 881 g/mol. The standard InChI is InChI=1S/C65H55NS/c1-63(2)35-36-64(3,4)59-41-57-55(40-58(59)63)52-34-31-49(39-56(52)65(57,5)6)47-18-12-17-46(37-47)48-19-13-20-51(38-48)66(60-23-14-22-54-53-21-10-11-24-61(53)67-62(54)60)50-32-29-45(30-33-50)44-27-25-43(26-28-44)42-15-8-7-9-16-42/h7-34,37-41H,35-36H2,1-6H3. The molecule has 2 heteroatoms. The summed E-state index contributed by atoms with van der Waals surface area (Å²) >= 11 is 1.87. The van der Waals surface area contributed by atoms with Crippen molar-refractivity contribution in [2.24, 2.45) is 0 Å². The summed E-state index contributed by atoms with van der Waals surface area (Å²) < 4.78 is 2.58. The molecule has 326 valence electrons. The van der Waals surface area contributed by atoms with E-state index < -0.39 is 0 Å². The third-order valence-electron chi connectivity index (χ3n) is 15.4. The number of nitrogens with zero attached hydrogens (tertiary/aromatic N) is 1. The van der Waals surface area contributed by atoms with Gasteiger partial charge in [0.2, 0.25) is 0 Å². The highest BCUT2D eigenvalue weighted by molar-refractivity contribution is 7.26. The van der Waals surface area contributed by atoms with Crippen LogP contribution in [0.15, 0.2) is 200 Å². The van der Waals surface area contributed by atoms with Crippen LogP contribution in [0, 0.1) is 0 Å². The molecule has 10 aromatic rings. The van der Waals surface area contributed by atoms with Gasteiger partial charge in [-0.05, 0) is 156 Å². The molecular weight excluding hydrogens is 827 g/mol. The van der Waals surface area contributed by atoms with Gasteiger partial charge in [-0.15, -0.1) is 11.3 Å².